The summed E-state index contributed by atoms with van der Waals surface area (Å²) in [6.45, 7) is 3.92. The maximum atomic E-state index is 12.0. The molecular formula is C15H27NO3. The highest BCUT2D eigenvalue weighted by Gasteiger charge is 2.32. The third-order valence-electron chi connectivity index (χ3n) is 4.58. The van der Waals surface area contributed by atoms with Crippen LogP contribution < -0.4 is 5.32 Å². The molecule has 0 amide bonds. The van der Waals surface area contributed by atoms with Gasteiger partial charge in [-0.05, 0) is 37.5 Å². The van der Waals surface area contributed by atoms with Gasteiger partial charge in [0.2, 0.25) is 0 Å². The van der Waals surface area contributed by atoms with E-state index in [0.717, 1.165) is 44.8 Å². The molecule has 1 heterocycles. The molecule has 1 aliphatic carbocycles. The Balaban J connectivity index is 1.85. The van der Waals surface area contributed by atoms with Crippen LogP contribution in [-0.4, -0.2) is 38.4 Å². The molecule has 2 fully saturated rings. The van der Waals surface area contributed by atoms with Crippen LogP contribution in [0, 0.1) is 11.8 Å². The molecule has 110 valence electrons. The topological polar surface area (TPSA) is 47.6 Å². The summed E-state index contributed by atoms with van der Waals surface area (Å²) in [5, 5.41) is 3.40. The third-order valence-corrected chi connectivity index (χ3v) is 4.58. The molecule has 0 spiro atoms. The lowest BCUT2D eigenvalue weighted by molar-refractivity contribution is -0.145. The van der Waals surface area contributed by atoms with E-state index in [1.165, 1.54) is 20.0 Å². The van der Waals surface area contributed by atoms with E-state index >= 15 is 0 Å². The standard InChI is InChI=1S/C15H27NO3/c1-11-5-7-12(8-6-11)14(15(17)18-2)16-10-13-4-3-9-19-13/h11-14,16H,3-10H2,1-2H3. The second-order valence-corrected chi connectivity index (χ2v) is 6.06. The highest BCUT2D eigenvalue weighted by molar-refractivity contribution is 5.76. The molecule has 2 atom stereocenters. The van der Waals surface area contributed by atoms with E-state index in [-0.39, 0.29) is 18.1 Å². The van der Waals surface area contributed by atoms with E-state index in [0.29, 0.717) is 5.92 Å². The van der Waals surface area contributed by atoms with Gasteiger partial charge in [-0.3, -0.25) is 4.79 Å². The second-order valence-electron chi connectivity index (χ2n) is 6.06. The molecule has 4 heteroatoms. The van der Waals surface area contributed by atoms with Crippen molar-refractivity contribution < 1.29 is 14.3 Å². The summed E-state index contributed by atoms with van der Waals surface area (Å²) in [5.74, 6) is 1.11. The second kappa shape index (κ2) is 7.25. The molecular weight excluding hydrogens is 242 g/mol. The van der Waals surface area contributed by atoms with Gasteiger partial charge in [-0.2, -0.15) is 0 Å². The monoisotopic (exact) mass is 269 g/mol. The Hall–Kier alpha value is -0.610. The van der Waals surface area contributed by atoms with Gasteiger partial charge < -0.3 is 14.8 Å². The lowest BCUT2D eigenvalue weighted by Crippen LogP contribution is -2.47. The Morgan fingerprint density at radius 3 is 2.63 bits per heavy atom. The number of nitrogens with one attached hydrogen (secondary N) is 1. The fourth-order valence-corrected chi connectivity index (χ4v) is 3.25. The fourth-order valence-electron chi connectivity index (χ4n) is 3.25. The Kier molecular flexibility index (Phi) is 5.64. The largest absolute Gasteiger partial charge is 0.468 e. The van der Waals surface area contributed by atoms with Crippen LogP contribution >= 0.6 is 0 Å². The summed E-state index contributed by atoms with van der Waals surface area (Å²) in [4.78, 5) is 12.0. The maximum Gasteiger partial charge on any atom is 0.323 e. The lowest BCUT2D eigenvalue weighted by Gasteiger charge is -2.32. The molecule has 0 aromatic heterocycles. The average Bonchev–Trinajstić information content (AvgIpc) is 2.93. The van der Waals surface area contributed by atoms with Gasteiger partial charge in [-0.25, -0.2) is 0 Å². The number of rotatable bonds is 5. The molecule has 0 aromatic carbocycles. The molecule has 1 saturated heterocycles. The smallest absolute Gasteiger partial charge is 0.323 e. The number of hydrogen-bond acceptors (Lipinski definition) is 4. The van der Waals surface area contributed by atoms with Crippen LogP contribution in [0.3, 0.4) is 0 Å². The van der Waals surface area contributed by atoms with Crippen molar-refractivity contribution in [2.75, 3.05) is 20.3 Å². The summed E-state index contributed by atoms with van der Waals surface area (Å²) >= 11 is 0. The van der Waals surface area contributed by atoms with Crippen molar-refractivity contribution in [3.8, 4) is 0 Å². The van der Waals surface area contributed by atoms with E-state index < -0.39 is 0 Å². The summed E-state index contributed by atoms with van der Waals surface area (Å²) in [6.07, 6.45) is 7.20. The van der Waals surface area contributed by atoms with Crippen LogP contribution in [-0.2, 0) is 14.3 Å². The predicted octanol–water partition coefficient (Wildman–Crippen LogP) is 2.12. The van der Waals surface area contributed by atoms with Gasteiger partial charge >= 0.3 is 5.97 Å². The SMILES string of the molecule is COC(=O)C(NCC1CCCO1)C1CCC(C)CC1. The van der Waals surface area contributed by atoms with E-state index in [1.54, 1.807) is 0 Å². The zero-order valence-corrected chi connectivity index (χ0v) is 12.2. The van der Waals surface area contributed by atoms with Crippen molar-refractivity contribution in [1.29, 1.82) is 0 Å². The Bertz CT molecular complexity index is 281. The molecule has 0 radical (unpaired) electrons. The van der Waals surface area contributed by atoms with Crippen LogP contribution in [0.2, 0.25) is 0 Å². The first-order valence-corrected chi connectivity index (χ1v) is 7.63. The molecule has 0 bridgehead atoms. The van der Waals surface area contributed by atoms with Crippen LogP contribution in [0.25, 0.3) is 0 Å². The van der Waals surface area contributed by atoms with Gasteiger partial charge in [0.15, 0.2) is 0 Å². The highest BCUT2D eigenvalue weighted by Crippen LogP contribution is 2.31. The highest BCUT2D eigenvalue weighted by atomic mass is 16.5. The van der Waals surface area contributed by atoms with Crippen molar-refractivity contribution in [1.82, 2.24) is 5.32 Å². The van der Waals surface area contributed by atoms with E-state index in [4.69, 9.17) is 9.47 Å². The molecule has 2 unspecified atom stereocenters. The minimum absolute atomic E-state index is 0.113. The van der Waals surface area contributed by atoms with Gasteiger partial charge in [0.05, 0.1) is 13.2 Å². The number of carbonyl (C=O) groups is 1. The van der Waals surface area contributed by atoms with Gasteiger partial charge in [0, 0.05) is 13.2 Å². The van der Waals surface area contributed by atoms with Crippen LogP contribution in [0.5, 0.6) is 0 Å². The summed E-state index contributed by atoms with van der Waals surface area (Å²) in [6, 6.07) is -0.151. The van der Waals surface area contributed by atoms with Gasteiger partial charge in [-0.1, -0.05) is 19.8 Å². The average molecular weight is 269 g/mol. The van der Waals surface area contributed by atoms with E-state index in [9.17, 15) is 4.79 Å². The summed E-state index contributed by atoms with van der Waals surface area (Å²) < 4.78 is 10.6. The van der Waals surface area contributed by atoms with E-state index in [2.05, 4.69) is 12.2 Å². The zero-order valence-electron chi connectivity index (χ0n) is 12.2. The molecule has 2 rings (SSSR count). The molecule has 0 aromatic rings. The van der Waals surface area contributed by atoms with Crippen molar-refractivity contribution in [3.05, 3.63) is 0 Å². The molecule has 1 aliphatic heterocycles. The Morgan fingerprint density at radius 1 is 1.32 bits per heavy atom. The summed E-state index contributed by atoms with van der Waals surface area (Å²) in [5.41, 5.74) is 0. The fraction of sp³-hybridized carbons (Fsp3) is 0.933. The lowest BCUT2D eigenvalue weighted by atomic mass is 9.79. The first kappa shape index (κ1) is 14.8. The number of methoxy groups -OCH3 is 1. The van der Waals surface area contributed by atoms with Crippen LogP contribution in [0.15, 0.2) is 0 Å². The van der Waals surface area contributed by atoms with Gasteiger partial charge in [0.1, 0.15) is 6.04 Å². The van der Waals surface area contributed by atoms with E-state index in [1.807, 2.05) is 0 Å². The maximum absolute atomic E-state index is 12.0. The van der Waals surface area contributed by atoms with Gasteiger partial charge in [-0.15, -0.1) is 0 Å². The number of ether oxygens (including phenoxy) is 2. The predicted molar refractivity (Wildman–Crippen MR) is 73.9 cm³/mol. The van der Waals surface area contributed by atoms with Crippen LogP contribution in [0.1, 0.15) is 45.4 Å². The summed E-state index contributed by atoms with van der Waals surface area (Å²) in [7, 11) is 1.48. The van der Waals surface area contributed by atoms with Crippen molar-refractivity contribution in [2.24, 2.45) is 11.8 Å². The quantitative estimate of drug-likeness (QED) is 0.777. The Morgan fingerprint density at radius 2 is 2.05 bits per heavy atom. The minimum Gasteiger partial charge on any atom is -0.468 e. The molecule has 19 heavy (non-hydrogen) atoms. The molecule has 2 aliphatic rings. The van der Waals surface area contributed by atoms with Gasteiger partial charge in [0.25, 0.3) is 0 Å². The zero-order chi connectivity index (χ0) is 13.7. The molecule has 1 N–H and O–H groups in total. The van der Waals surface area contributed by atoms with Crippen LogP contribution in [0.4, 0.5) is 0 Å². The molecule has 1 saturated carbocycles. The number of hydrogen-bond donors (Lipinski definition) is 1. The molecule has 4 nitrogen and oxygen atoms in total. The van der Waals surface area contributed by atoms with Crippen molar-refractivity contribution in [3.63, 3.8) is 0 Å². The van der Waals surface area contributed by atoms with Crippen molar-refractivity contribution >= 4 is 5.97 Å². The Labute approximate surface area is 116 Å². The first-order chi connectivity index (χ1) is 9.20. The number of esters is 1. The normalized spacial score (nSPS) is 33.1. The minimum atomic E-state index is -0.151. The third kappa shape index (κ3) is 4.18. The first-order valence-electron chi connectivity index (χ1n) is 7.63. The number of carbonyl (C=O) groups excluding carboxylic acids is 1. The van der Waals surface area contributed by atoms with Crippen molar-refractivity contribution in [2.45, 2.75) is 57.6 Å².